The van der Waals surface area contributed by atoms with E-state index in [0.717, 1.165) is 5.56 Å². The van der Waals surface area contributed by atoms with E-state index in [4.69, 9.17) is 0 Å². The Bertz CT molecular complexity index is 262. The number of halogens is 2. The summed E-state index contributed by atoms with van der Waals surface area (Å²) in [7, 11) is 0. The van der Waals surface area contributed by atoms with Gasteiger partial charge in [-0.25, -0.2) is 0 Å². The molecule has 0 saturated heterocycles. The molecule has 0 atom stereocenters. The van der Waals surface area contributed by atoms with Crippen LogP contribution in [0.3, 0.4) is 0 Å². The van der Waals surface area contributed by atoms with Gasteiger partial charge < -0.3 is 0 Å². The molecule has 0 bridgehead atoms. The molecule has 0 heterocycles. The number of hydrogen-bond donors (Lipinski definition) is 0. The molecule has 11 heavy (non-hydrogen) atoms. The summed E-state index contributed by atoms with van der Waals surface area (Å²) in [5.41, 5.74) is 1.31. The molecule has 4 heteroatoms. The average molecular weight is 279 g/mol. The molecule has 2 nitrogen and oxygen atoms in total. The van der Waals surface area contributed by atoms with Crippen molar-refractivity contribution < 1.29 is 0 Å². The molecule has 0 N–H and O–H groups in total. The SMILES string of the molecule is O=Nc1ccccc1C(Br)Br. The zero-order chi connectivity index (χ0) is 8.27. The van der Waals surface area contributed by atoms with Crippen LogP contribution in [0.25, 0.3) is 0 Å². The van der Waals surface area contributed by atoms with E-state index in [1.54, 1.807) is 12.1 Å². The van der Waals surface area contributed by atoms with Gasteiger partial charge in [-0.2, -0.15) is 0 Å². The van der Waals surface area contributed by atoms with Gasteiger partial charge in [-0.05, 0) is 11.2 Å². The fraction of sp³-hybridized carbons (Fsp3) is 0.143. The van der Waals surface area contributed by atoms with Gasteiger partial charge in [-0.1, -0.05) is 50.1 Å². The van der Waals surface area contributed by atoms with Gasteiger partial charge in [0, 0.05) is 5.56 Å². The van der Waals surface area contributed by atoms with Gasteiger partial charge >= 0.3 is 0 Å². The highest BCUT2D eigenvalue weighted by Crippen LogP contribution is 2.35. The quantitative estimate of drug-likeness (QED) is 0.596. The van der Waals surface area contributed by atoms with Crippen LogP contribution in [0.1, 0.15) is 9.30 Å². The van der Waals surface area contributed by atoms with Crippen LogP contribution in [0, 0.1) is 4.91 Å². The zero-order valence-electron chi connectivity index (χ0n) is 5.50. The van der Waals surface area contributed by atoms with E-state index in [0.29, 0.717) is 5.69 Å². The van der Waals surface area contributed by atoms with E-state index < -0.39 is 0 Å². The largest absolute Gasteiger partial charge is 0.145 e. The van der Waals surface area contributed by atoms with E-state index in [-0.39, 0.29) is 3.74 Å². The van der Waals surface area contributed by atoms with E-state index in [1.807, 2.05) is 12.1 Å². The highest BCUT2D eigenvalue weighted by Gasteiger charge is 2.07. The Balaban J connectivity index is 3.12. The second kappa shape index (κ2) is 3.97. The van der Waals surface area contributed by atoms with Gasteiger partial charge in [-0.15, -0.1) is 4.91 Å². The Morgan fingerprint density at radius 3 is 2.36 bits per heavy atom. The fourth-order valence-corrected chi connectivity index (χ4v) is 1.53. The molecule has 0 aliphatic rings. The summed E-state index contributed by atoms with van der Waals surface area (Å²) >= 11 is 6.58. The summed E-state index contributed by atoms with van der Waals surface area (Å²) < 4.78 is -0.0103. The van der Waals surface area contributed by atoms with Gasteiger partial charge in [0.05, 0.1) is 3.74 Å². The summed E-state index contributed by atoms with van der Waals surface area (Å²) in [4.78, 5) is 10.2. The minimum Gasteiger partial charge on any atom is -0.145 e. The molecule has 0 radical (unpaired) electrons. The van der Waals surface area contributed by atoms with Gasteiger partial charge in [0.2, 0.25) is 0 Å². The zero-order valence-corrected chi connectivity index (χ0v) is 8.67. The molecule has 0 aliphatic carbocycles. The Kier molecular flexibility index (Phi) is 3.20. The number of hydrogen-bond acceptors (Lipinski definition) is 2. The van der Waals surface area contributed by atoms with Crippen LogP contribution in [-0.2, 0) is 0 Å². The second-order valence-corrected chi connectivity index (χ2v) is 5.01. The summed E-state index contributed by atoms with van der Waals surface area (Å²) in [6.07, 6.45) is 0. The number of alkyl halides is 2. The summed E-state index contributed by atoms with van der Waals surface area (Å²) in [6, 6.07) is 7.16. The van der Waals surface area contributed by atoms with Crippen LogP contribution in [0.5, 0.6) is 0 Å². The number of nitroso groups, excluding NO2 is 1. The normalized spacial score (nSPS) is 10.1. The van der Waals surface area contributed by atoms with Crippen LogP contribution < -0.4 is 0 Å². The molecule has 1 aromatic carbocycles. The van der Waals surface area contributed by atoms with Gasteiger partial charge in [0.25, 0.3) is 0 Å². The van der Waals surface area contributed by atoms with Crippen LogP contribution >= 0.6 is 31.9 Å². The monoisotopic (exact) mass is 277 g/mol. The van der Waals surface area contributed by atoms with Crippen LogP contribution in [0.15, 0.2) is 29.4 Å². The molecule has 0 unspecified atom stereocenters. The Labute approximate surface area is 81.2 Å². The molecule has 1 aromatic rings. The third-order valence-corrected chi connectivity index (χ3v) is 2.26. The molecule has 0 fully saturated rings. The van der Waals surface area contributed by atoms with Crippen molar-refractivity contribution in [3.8, 4) is 0 Å². The van der Waals surface area contributed by atoms with Crippen molar-refractivity contribution in [1.29, 1.82) is 0 Å². The molecule has 0 spiro atoms. The predicted octanol–water partition coefficient (Wildman–Crippen LogP) is 3.87. The smallest absolute Gasteiger partial charge is 0.113 e. The fourth-order valence-electron chi connectivity index (χ4n) is 0.755. The van der Waals surface area contributed by atoms with Crippen molar-refractivity contribution >= 4 is 37.5 Å². The Hall–Kier alpha value is -0.220. The van der Waals surface area contributed by atoms with Crippen molar-refractivity contribution in [2.24, 2.45) is 5.18 Å². The maximum atomic E-state index is 10.2. The van der Waals surface area contributed by atoms with Crippen molar-refractivity contribution in [1.82, 2.24) is 0 Å². The first kappa shape index (κ1) is 8.87. The van der Waals surface area contributed by atoms with E-state index in [2.05, 4.69) is 37.0 Å². The Morgan fingerprint density at radius 1 is 1.27 bits per heavy atom. The summed E-state index contributed by atoms with van der Waals surface area (Å²) in [5, 5.41) is 2.88. The lowest BCUT2D eigenvalue weighted by Gasteiger charge is -2.02. The molecule has 58 valence electrons. The Morgan fingerprint density at radius 2 is 1.91 bits per heavy atom. The standard InChI is InChI=1S/C7H5Br2NO/c8-7(9)5-3-1-2-4-6(5)10-11/h1-4,7H. The molecule has 1 rings (SSSR count). The van der Waals surface area contributed by atoms with Crippen LogP contribution in [-0.4, -0.2) is 0 Å². The van der Waals surface area contributed by atoms with Gasteiger partial charge in [-0.3, -0.25) is 0 Å². The van der Waals surface area contributed by atoms with Crippen molar-refractivity contribution in [3.05, 3.63) is 34.7 Å². The van der Waals surface area contributed by atoms with Crippen molar-refractivity contribution in [2.45, 2.75) is 3.74 Å². The molecule has 0 aromatic heterocycles. The first-order chi connectivity index (χ1) is 5.25. The second-order valence-electron chi connectivity index (χ2n) is 1.95. The highest BCUT2D eigenvalue weighted by molar-refractivity contribution is 9.24. The van der Waals surface area contributed by atoms with Crippen molar-refractivity contribution in [3.63, 3.8) is 0 Å². The first-order valence-corrected chi connectivity index (χ1v) is 4.79. The number of nitrogens with zero attached hydrogens (tertiary/aromatic N) is 1. The lowest BCUT2D eigenvalue weighted by molar-refractivity contribution is 1.36. The van der Waals surface area contributed by atoms with Gasteiger partial charge in [0.1, 0.15) is 5.69 Å². The lowest BCUT2D eigenvalue weighted by atomic mass is 10.2. The van der Waals surface area contributed by atoms with E-state index in [9.17, 15) is 4.91 Å². The minimum absolute atomic E-state index is 0.0103. The maximum absolute atomic E-state index is 10.2. The summed E-state index contributed by atoms with van der Waals surface area (Å²) in [5.74, 6) is 0. The summed E-state index contributed by atoms with van der Waals surface area (Å²) in [6.45, 7) is 0. The van der Waals surface area contributed by atoms with E-state index >= 15 is 0 Å². The molecule has 0 aliphatic heterocycles. The van der Waals surface area contributed by atoms with Gasteiger partial charge in [0.15, 0.2) is 0 Å². The molecule has 0 amide bonds. The average Bonchev–Trinajstić information content (AvgIpc) is 2.04. The predicted molar refractivity (Wildman–Crippen MR) is 52.5 cm³/mol. The third kappa shape index (κ3) is 2.10. The van der Waals surface area contributed by atoms with E-state index in [1.165, 1.54) is 0 Å². The number of rotatable bonds is 2. The van der Waals surface area contributed by atoms with Crippen LogP contribution in [0.2, 0.25) is 0 Å². The maximum Gasteiger partial charge on any atom is 0.113 e. The molecular formula is C7H5Br2NO. The first-order valence-electron chi connectivity index (χ1n) is 2.96. The topological polar surface area (TPSA) is 29.4 Å². The van der Waals surface area contributed by atoms with Crippen molar-refractivity contribution in [2.75, 3.05) is 0 Å². The minimum atomic E-state index is -0.0103. The highest BCUT2D eigenvalue weighted by atomic mass is 79.9. The lowest BCUT2D eigenvalue weighted by Crippen LogP contribution is -1.79. The third-order valence-electron chi connectivity index (χ3n) is 1.27. The molecule has 0 saturated carbocycles. The van der Waals surface area contributed by atoms with Crippen LogP contribution in [0.4, 0.5) is 5.69 Å². The number of benzene rings is 1. The molecular weight excluding hydrogens is 274 g/mol.